The predicted molar refractivity (Wildman–Crippen MR) is 111 cm³/mol. The fourth-order valence-corrected chi connectivity index (χ4v) is 4.28. The molecule has 3 nitrogen and oxygen atoms in total. The molecule has 0 heterocycles. The Kier molecular flexibility index (Phi) is 6.66. The smallest absolute Gasteiger partial charge is 0.321 e. The first-order chi connectivity index (χ1) is 13.5. The number of benzene rings is 2. The first kappa shape index (κ1) is 20.3. The Hall–Kier alpha value is -2.42. The van der Waals surface area contributed by atoms with Crippen molar-refractivity contribution in [3.63, 3.8) is 0 Å². The summed E-state index contributed by atoms with van der Waals surface area (Å²) in [6, 6.07) is 18.3. The van der Waals surface area contributed by atoms with E-state index in [0.29, 0.717) is 28.9 Å². The first-order valence-electron chi connectivity index (χ1n) is 10.3. The standard InChI is InChI=1S/C25H30O3/c1-17(2)21-15-14-18(3)16-22(21)28-25(27)23(19-10-6-4-7-11-19)24(26)20-12-8-5-9-13-20/h4-13,17-18,21-23H,14-16H2,1-3H3/t18-,21-,22+,23+/m0/s1. The molecule has 3 heteroatoms. The van der Waals surface area contributed by atoms with E-state index in [-0.39, 0.29) is 11.9 Å². The van der Waals surface area contributed by atoms with Gasteiger partial charge in [0.2, 0.25) is 0 Å². The molecular formula is C25H30O3. The maximum Gasteiger partial charge on any atom is 0.321 e. The van der Waals surface area contributed by atoms with Crippen molar-refractivity contribution < 1.29 is 14.3 Å². The Morgan fingerprint density at radius 2 is 1.54 bits per heavy atom. The van der Waals surface area contributed by atoms with Crippen molar-refractivity contribution >= 4 is 11.8 Å². The van der Waals surface area contributed by atoms with E-state index in [1.54, 1.807) is 12.1 Å². The van der Waals surface area contributed by atoms with Crippen molar-refractivity contribution in [1.29, 1.82) is 0 Å². The summed E-state index contributed by atoms with van der Waals surface area (Å²) in [4.78, 5) is 26.5. The molecule has 148 valence electrons. The third-order valence-electron chi connectivity index (χ3n) is 5.92. The summed E-state index contributed by atoms with van der Waals surface area (Å²) in [5.41, 5.74) is 1.22. The lowest BCUT2D eigenvalue weighted by Gasteiger charge is -2.37. The van der Waals surface area contributed by atoms with Crippen molar-refractivity contribution in [2.75, 3.05) is 0 Å². The highest BCUT2D eigenvalue weighted by molar-refractivity contribution is 6.13. The average molecular weight is 379 g/mol. The van der Waals surface area contributed by atoms with Gasteiger partial charge >= 0.3 is 5.97 Å². The van der Waals surface area contributed by atoms with Gasteiger partial charge in [-0.2, -0.15) is 0 Å². The van der Waals surface area contributed by atoms with Gasteiger partial charge in [-0.3, -0.25) is 9.59 Å². The average Bonchev–Trinajstić information content (AvgIpc) is 2.69. The summed E-state index contributed by atoms with van der Waals surface area (Å²) < 4.78 is 6.04. The third kappa shape index (κ3) is 4.70. The van der Waals surface area contributed by atoms with Crippen LogP contribution in [0.1, 0.15) is 61.9 Å². The van der Waals surface area contributed by atoms with Crippen LogP contribution < -0.4 is 0 Å². The largest absolute Gasteiger partial charge is 0.461 e. The minimum atomic E-state index is -0.923. The van der Waals surface area contributed by atoms with Gasteiger partial charge in [-0.15, -0.1) is 0 Å². The van der Waals surface area contributed by atoms with Crippen LogP contribution in [0.5, 0.6) is 0 Å². The molecule has 1 saturated carbocycles. The van der Waals surface area contributed by atoms with Gasteiger partial charge in [-0.05, 0) is 36.2 Å². The molecule has 2 aromatic rings. The summed E-state index contributed by atoms with van der Waals surface area (Å²) in [5, 5.41) is 0. The lowest BCUT2D eigenvalue weighted by molar-refractivity contribution is -0.156. The van der Waals surface area contributed by atoms with Crippen molar-refractivity contribution in [3.8, 4) is 0 Å². The Balaban J connectivity index is 1.87. The molecule has 3 rings (SSSR count). The molecule has 1 fully saturated rings. The molecule has 1 aliphatic rings. The van der Waals surface area contributed by atoms with Crippen LogP contribution in [-0.2, 0) is 9.53 Å². The second-order valence-corrected chi connectivity index (χ2v) is 8.38. The highest BCUT2D eigenvalue weighted by atomic mass is 16.5. The van der Waals surface area contributed by atoms with Crippen molar-refractivity contribution in [1.82, 2.24) is 0 Å². The van der Waals surface area contributed by atoms with Crippen molar-refractivity contribution in [3.05, 3.63) is 71.8 Å². The number of carbonyl (C=O) groups is 2. The van der Waals surface area contributed by atoms with Crippen LogP contribution in [0.25, 0.3) is 0 Å². The van der Waals surface area contributed by atoms with E-state index < -0.39 is 11.9 Å². The highest BCUT2D eigenvalue weighted by Gasteiger charge is 2.37. The van der Waals surface area contributed by atoms with E-state index in [0.717, 1.165) is 12.8 Å². The summed E-state index contributed by atoms with van der Waals surface area (Å²) in [6.07, 6.45) is 2.99. The number of rotatable bonds is 6. The number of ketones is 1. The van der Waals surface area contributed by atoms with E-state index >= 15 is 0 Å². The topological polar surface area (TPSA) is 43.4 Å². The Morgan fingerprint density at radius 3 is 2.14 bits per heavy atom. The fraction of sp³-hybridized carbons (Fsp3) is 0.440. The number of ether oxygens (including phenoxy) is 1. The van der Waals surface area contributed by atoms with Crippen LogP contribution in [0, 0.1) is 17.8 Å². The van der Waals surface area contributed by atoms with Crippen LogP contribution in [0.3, 0.4) is 0 Å². The molecule has 0 N–H and O–H groups in total. The highest BCUT2D eigenvalue weighted by Crippen LogP contribution is 2.36. The van der Waals surface area contributed by atoms with Gasteiger partial charge in [0.25, 0.3) is 0 Å². The van der Waals surface area contributed by atoms with E-state index in [2.05, 4.69) is 20.8 Å². The minimum Gasteiger partial charge on any atom is -0.461 e. The molecule has 0 aliphatic heterocycles. The lowest BCUT2D eigenvalue weighted by atomic mass is 9.75. The summed E-state index contributed by atoms with van der Waals surface area (Å²) in [7, 11) is 0. The molecular weight excluding hydrogens is 348 g/mol. The number of carbonyl (C=O) groups excluding carboxylic acids is 2. The van der Waals surface area contributed by atoms with Gasteiger partial charge in [0.05, 0.1) is 0 Å². The van der Waals surface area contributed by atoms with Gasteiger partial charge in [0, 0.05) is 5.56 Å². The molecule has 4 atom stereocenters. The predicted octanol–water partition coefficient (Wildman–Crippen LogP) is 5.66. The van der Waals surface area contributed by atoms with E-state index in [4.69, 9.17) is 4.74 Å². The second-order valence-electron chi connectivity index (χ2n) is 8.38. The molecule has 0 bridgehead atoms. The zero-order valence-corrected chi connectivity index (χ0v) is 17.0. The molecule has 0 unspecified atom stereocenters. The van der Waals surface area contributed by atoms with Gasteiger partial charge in [-0.25, -0.2) is 0 Å². The van der Waals surface area contributed by atoms with Gasteiger partial charge in [0.15, 0.2) is 5.78 Å². The van der Waals surface area contributed by atoms with Crippen LogP contribution in [-0.4, -0.2) is 17.9 Å². The summed E-state index contributed by atoms with van der Waals surface area (Å²) in [6.45, 7) is 6.58. The van der Waals surface area contributed by atoms with E-state index in [1.807, 2.05) is 48.5 Å². The number of esters is 1. The molecule has 0 aromatic heterocycles. The Labute approximate surface area is 168 Å². The van der Waals surface area contributed by atoms with Gasteiger partial charge < -0.3 is 4.74 Å². The van der Waals surface area contributed by atoms with Crippen LogP contribution in [0.2, 0.25) is 0 Å². The fourth-order valence-electron chi connectivity index (χ4n) is 4.28. The van der Waals surface area contributed by atoms with Crippen LogP contribution >= 0.6 is 0 Å². The maximum atomic E-state index is 13.3. The quantitative estimate of drug-likeness (QED) is 0.370. The molecule has 28 heavy (non-hydrogen) atoms. The van der Waals surface area contributed by atoms with Crippen molar-refractivity contribution in [2.24, 2.45) is 17.8 Å². The number of Topliss-reactive ketones (excluding diaryl/α,β-unsaturated/α-hetero) is 1. The minimum absolute atomic E-state index is 0.119. The van der Waals surface area contributed by atoms with Crippen LogP contribution in [0.4, 0.5) is 0 Å². The zero-order valence-electron chi connectivity index (χ0n) is 17.0. The zero-order chi connectivity index (χ0) is 20.1. The molecule has 0 spiro atoms. The van der Waals surface area contributed by atoms with Gasteiger partial charge in [-0.1, -0.05) is 87.9 Å². The molecule has 0 radical (unpaired) electrons. The van der Waals surface area contributed by atoms with Crippen molar-refractivity contribution in [2.45, 2.75) is 52.1 Å². The monoisotopic (exact) mass is 378 g/mol. The first-order valence-corrected chi connectivity index (χ1v) is 10.3. The molecule has 0 saturated heterocycles. The maximum absolute atomic E-state index is 13.3. The second kappa shape index (κ2) is 9.18. The van der Waals surface area contributed by atoms with E-state index in [1.165, 1.54) is 6.42 Å². The Morgan fingerprint density at radius 1 is 0.929 bits per heavy atom. The third-order valence-corrected chi connectivity index (χ3v) is 5.92. The Bertz CT molecular complexity index is 782. The molecule has 0 amide bonds. The van der Waals surface area contributed by atoms with Gasteiger partial charge in [0.1, 0.15) is 12.0 Å². The van der Waals surface area contributed by atoms with Crippen LogP contribution in [0.15, 0.2) is 60.7 Å². The number of hydrogen-bond acceptors (Lipinski definition) is 3. The summed E-state index contributed by atoms with van der Waals surface area (Å²) in [5.74, 6) is -0.221. The lowest BCUT2D eigenvalue weighted by Crippen LogP contribution is -2.38. The normalized spacial score (nSPS) is 23.2. The molecule has 1 aliphatic carbocycles. The number of hydrogen-bond donors (Lipinski definition) is 0. The SMILES string of the molecule is CC(C)[C@@H]1CC[C@H](C)C[C@H]1OC(=O)[C@@H](C(=O)c1ccccc1)c1ccccc1. The summed E-state index contributed by atoms with van der Waals surface area (Å²) >= 11 is 0. The molecule has 2 aromatic carbocycles. The van der Waals surface area contributed by atoms with E-state index in [9.17, 15) is 9.59 Å².